The van der Waals surface area contributed by atoms with Crippen molar-refractivity contribution in [3.8, 4) is 0 Å². The Kier molecular flexibility index (Phi) is 3.64. The lowest BCUT2D eigenvalue weighted by molar-refractivity contribution is 0.0852. The first-order chi connectivity index (χ1) is 9.45. The van der Waals surface area contributed by atoms with Crippen molar-refractivity contribution < 1.29 is 0 Å². The van der Waals surface area contributed by atoms with E-state index in [4.69, 9.17) is 0 Å². The molecule has 20 heavy (non-hydrogen) atoms. The number of nitrogens with zero attached hydrogens (tertiary/aromatic N) is 2. The summed E-state index contributed by atoms with van der Waals surface area (Å²) in [5.41, 5.74) is 4.79. The van der Waals surface area contributed by atoms with Crippen LogP contribution in [-0.4, -0.2) is 42.5 Å². The van der Waals surface area contributed by atoms with Crippen LogP contribution in [0.25, 0.3) is 0 Å². The van der Waals surface area contributed by atoms with Crippen LogP contribution in [0.2, 0.25) is 0 Å². The van der Waals surface area contributed by atoms with Gasteiger partial charge >= 0.3 is 0 Å². The highest BCUT2D eigenvalue weighted by molar-refractivity contribution is 5.39. The molecule has 0 radical (unpaired) electrons. The number of fused-ring (bicyclic) bond motifs is 1. The monoisotopic (exact) mass is 272 g/mol. The smallest absolute Gasteiger partial charge is 0.0240 e. The van der Waals surface area contributed by atoms with Gasteiger partial charge in [-0.05, 0) is 51.0 Å². The predicted molar refractivity (Wildman–Crippen MR) is 85.1 cm³/mol. The zero-order valence-corrected chi connectivity index (χ0v) is 13.4. The molecule has 0 unspecified atom stereocenters. The Labute approximate surface area is 123 Å². The summed E-state index contributed by atoms with van der Waals surface area (Å²) >= 11 is 0. The highest BCUT2D eigenvalue weighted by atomic mass is 15.2. The zero-order chi connectivity index (χ0) is 14.3. The standard InChI is InChI=1S/C18H28N2/c1-14-5-6-15-12-20(13-18(2,3)17(15)11-14)16-7-9-19(4)10-8-16/h5-6,11,16H,7-10,12-13H2,1-4H3. The van der Waals surface area contributed by atoms with E-state index in [0.29, 0.717) is 0 Å². The molecule has 2 heterocycles. The van der Waals surface area contributed by atoms with Crippen molar-refractivity contribution in [2.24, 2.45) is 0 Å². The van der Waals surface area contributed by atoms with Crippen molar-refractivity contribution in [3.05, 3.63) is 34.9 Å². The Hall–Kier alpha value is -0.860. The minimum Gasteiger partial charge on any atom is -0.306 e. The van der Waals surface area contributed by atoms with E-state index in [1.807, 2.05) is 0 Å². The molecule has 1 aromatic carbocycles. The van der Waals surface area contributed by atoms with Crippen LogP contribution >= 0.6 is 0 Å². The molecule has 0 aromatic heterocycles. The summed E-state index contributed by atoms with van der Waals surface area (Å²) in [6, 6.07) is 7.81. The Balaban J connectivity index is 1.83. The third kappa shape index (κ3) is 2.64. The molecule has 0 aliphatic carbocycles. The molecule has 110 valence electrons. The maximum atomic E-state index is 2.74. The zero-order valence-electron chi connectivity index (χ0n) is 13.4. The molecular formula is C18H28N2. The van der Waals surface area contributed by atoms with Gasteiger partial charge in [0.2, 0.25) is 0 Å². The van der Waals surface area contributed by atoms with Crippen molar-refractivity contribution in [1.82, 2.24) is 9.80 Å². The maximum Gasteiger partial charge on any atom is 0.0240 e. The topological polar surface area (TPSA) is 6.48 Å². The van der Waals surface area contributed by atoms with Crippen LogP contribution < -0.4 is 0 Å². The molecule has 0 amide bonds. The van der Waals surface area contributed by atoms with Crippen LogP contribution in [0.1, 0.15) is 43.4 Å². The first-order valence-corrected chi connectivity index (χ1v) is 7.98. The minimum atomic E-state index is 0.281. The number of hydrogen-bond donors (Lipinski definition) is 0. The van der Waals surface area contributed by atoms with Crippen LogP contribution in [0.4, 0.5) is 0 Å². The third-order valence-corrected chi connectivity index (χ3v) is 5.17. The average Bonchev–Trinajstić information content (AvgIpc) is 2.40. The molecule has 1 fully saturated rings. The van der Waals surface area contributed by atoms with Crippen LogP contribution in [0.15, 0.2) is 18.2 Å². The normalized spacial score (nSPS) is 24.6. The number of rotatable bonds is 1. The van der Waals surface area contributed by atoms with Crippen molar-refractivity contribution in [1.29, 1.82) is 0 Å². The molecule has 1 aromatic rings. The van der Waals surface area contributed by atoms with E-state index in [9.17, 15) is 0 Å². The van der Waals surface area contributed by atoms with Crippen LogP contribution in [0.3, 0.4) is 0 Å². The van der Waals surface area contributed by atoms with Gasteiger partial charge in [0.25, 0.3) is 0 Å². The van der Waals surface area contributed by atoms with Gasteiger partial charge in [0.1, 0.15) is 0 Å². The number of piperidine rings is 1. The van der Waals surface area contributed by atoms with Gasteiger partial charge in [0.15, 0.2) is 0 Å². The molecule has 0 saturated carbocycles. The summed E-state index contributed by atoms with van der Waals surface area (Å²) < 4.78 is 0. The summed E-state index contributed by atoms with van der Waals surface area (Å²) in [6.45, 7) is 11.9. The van der Waals surface area contributed by atoms with Gasteiger partial charge in [-0.1, -0.05) is 37.6 Å². The van der Waals surface area contributed by atoms with E-state index in [2.05, 4.69) is 55.8 Å². The number of hydrogen-bond acceptors (Lipinski definition) is 2. The molecule has 2 heteroatoms. The first kappa shape index (κ1) is 14.1. The average molecular weight is 272 g/mol. The van der Waals surface area contributed by atoms with E-state index < -0.39 is 0 Å². The molecular weight excluding hydrogens is 244 g/mol. The fourth-order valence-corrected chi connectivity index (χ4v) is 3.94. The molecule has 0 spiro atoms. The van der Waals surface area contributed by atoms with Gasteiger partial charge in [0.05, 0.1) is 0 Å². The Bertz CT molecular complexity index is 484. The van der Waals surface area contributed by atoms with Crippen molar-refractivity contribution in [2.45, 2.75) is 51.6 Å². The summed E-state index contributed by atoms with van der Waals surface area (Å²) in [7, 11) is 2.24. The lowest BCUT2D eigenvalue weighted by atomic mass is 9.77. The van der Waals surface area contributed by atoms with Gasteiger partial charge in [-0.25, -0.2) is 0 Å². The Morgan fingerprint density at radius 1 is 1.15 bits per heavy atom. The van der Waals surface area contributed by atoms with Crippen molar-refractivity contribution in [3.63, 3.8) is 0 Å². The highest BCUT2D eigenvalue weighted by Gasteiger charge is 2.35. The second kappa shape index (κ2) is 5.16. The van der Waals surface area contributed by atoms with E-state index in [1.165, 1.54) is 38.0 Å². The maximum absolute atomic E-state index is 2.74. The second-order valence-corrected chi connectivity index (χ2v) is 7.48. The Morgan fingerprint density at radius 2 is 1.85 bits per heavy atom. The quantitative estimate of drug-likeness (QED) is 0.775. The van der Waals surface area contributed by atoms with Crippen LogP contribution in [0.5, 0.6) is 0 Å². The van der Waals surface area contributed by atoms with Crippen LogP contribution in [0, 0.1) is 6.92 Å². The molecule has 2 aliphatic heterocycles. The Morgan fingerprint density at radius 3 is 2.55 bits per heavy atom. The summed E-state index contributed by atoms with van der Waals surface area (Å²) in [5.74, 6) is 0. The number of benzene rings is 1. The summed E-state index contributed by atoms with van der Waals surface area (Å²) in [6.07, 6.45) is 2.65. The van der Waals surface area contributed by atoms with Gasteiger partial charge in [-0.2, -0.15) is 0 Å². The molecule has 2 aliphatic rings. The molecule has 2 nitrogen and oxygen atoms in total. The largest absolute Gasteiger partial charge is 0.306 e. The van der Waals surface area contributed by atoms with E-state index in [0.717, 1.165) is 12.6 Å². The lowest BCUT2D eigenvalue weighted by Crippen LogP contribution is -2.50. The van der Waals surface area contributed by atoms with E-state index in [-0.39, 0.29) is 5.41 Å². The fraction of sp³-hybridized carbons (Fsp3) is 0.667. The van der Waals surface area contributed by atoms with Gasteiger partial charge in [0, 0.05) is 24.5 Å². The van der Waals surface area contributed by atoms with Gasteiger partial charge < -0.3 is 4.90 Å². The minimum absolute atomic E-state index is 0.281. The fourth-order valence-electron chi connectivity index (χ4n) is 3.94. The highest BCUT2D eigenvalue weighted by Crippen LogP contribution is 2.36. The SMILES string of the molecule is Cc1ccc2c(c1)C(C)(C)CN(C1CCN(C)CC1)C2. The molecule has 0 atom stereocenters. The second-order valence-electron chi connectivity index (χ2n) is 7.48. The summed E-state index contributed by atoms with van der Waals surface area (Å²) in [5, 5.41) is 0. The number of likely N-dealkylation sites (tertiary alicyclic amines) is 1. The van der Waals surface area contributed by atoms with Crippen LogP contribution in [-0.2, 0) is 12.0 Å². The van der Waals surface area contributed by atoms with Gasteiger partial charge in [-0.3, -0.25) is 4.90 Å². The summed E-state index contributed by atoms with van der Waals surface area (Å²) in [4.78, 5) is 5.20. The molecule has 0 bridgehead atoms. The van der Waals surface area contributed by atoms with Crippen molar-refractivity contribution in [2.75, 3.05) is 26.7 Å². The van der Waals surface area contributed by atoms with E-state index >= 15 is 0 Å². The first-order valence-electron chi connectivity index (χ1n) is 7.98. The van der Waals surface area contributed by atoms with Gasteiger partial charge in [-0.15, -0.1) is 0 Å². The van der Waals surface area contributed by atoms with Crippen molar-refractivity contribution >= 4 is 0 Å². The molecule has 3 rings (SSSR count). The third-order valence-electron chi connectivity index (χ3n) is 5.17. The molecule has 0 N–H and O–H groups in total. The lowest BCUT2D eigenvalue weighted by Gasteiger charge is -2.45. The van der Waals surface area contributed by atoms with E-state index in [1.54, 1.807) is 11.1 Å². The number of aryl methyl sites for hydroxylation is 1. The predicted octanol–water partition coefficient (Wildman–Crippen LogP) is 3.18. The molecule has 1 saturated heterocycles.